The molecule has 0 bridgehead atoms. The average Bonchev–Trinajstić information content (AvgIpc) is 2.95. The number of hydrogen-bond acceptors (Lipinski definition) is 2. The van der Waals surface area contributed by atoms with Gasteiger partial charge in [0.1, 0.15) is 0 Å². The summed E-state index contributed by atoms with van der Waals surface area (Å²) in [5.41, 5.74) is 5.18. The van der Waals surface area contributed by atoms with Gasteiger partial charge in [0.15, 0.2) is 0 Å². The van der Waals surface area contributed by atoms with Crippen molar-refractivity contribution < 1.29 is 9.90 Å². The van der Waals surface area contributed by atoms with Gasteiger partial charge in [-0.25, -0.2) is 0 Å². The second kappa shape index (κ2) is 8.05. The molecule has 0 aliphatic rings. The van der Waals surface area contributed by atoms with Crippen LogP contribution in [0.3, 0.4) is 0 Å². The van der Waals surface area contributed by atoms with Crippen molar-refractivity contribution >= 4 is 34.2 Å². The third-order valence-electron chi connectivity index (χ3n) is 4.99. The Kier molecular flexibility index (Phi) is 5.76. The van der Waals surface area contributed by atoms with E-state index < -0.39 is 5.97 Å². The van der Waals surface area contributed by atoms with Gasteiger partial charge in [0, 0.05) is 41.3 Å². The number of rotatable bonds is 7. The average molecular weight is 385 g/mol. The molecule has 1 aromatic heterocycles. The molecule has 0 fully saturated rings. The fraction of sp³-hybridized carbons (Fsp3) is 0.318. The Balaban J connectivity index is 2.39. The first-order valence-corrected chi connectivity index (χ1v) is 9.71. The first kappa shape index (κ1) is 19.3. The quantitative estimate of drug-likeness (QED) is 0.588. The first-order valence-electron chi connectivity index (χ1n) is 9.33. The summed E-state index contributed by atoms with van der Waals surface area (Å²) in [6.45, 7) is 7.96. The minimum atomic E-state index is -0.792. The number of anilines is 1. The maximum Gasteiger partial charge on any atom is 0.303 e. The summed E-state index contributed by atoms with van der Waals surface area (Å²) in [5.74, 6) is -0.792. The van der Waals surface area contributed by atoms with E-state index in [0.29, 0.717) is 11.4 Å². The van der Waals surface area contributed by atoms with Crippen molar-refractivity contribution in [1.29, 1.82) is 0 Å². The van der Waals surface area contributed by atoms with Crippen LogP contribution in [-0.2, 0) is 11.2 Å². The van der Waals surface area contributed by atoms with Crippen molar-refractivity contribution in [2.75, 3.05) is 18.0 Å². The molecule has 5 heteroatoms. The van der Waals surface area contributed by atoms with Gasteiger partial charge in [-0.1, -0.05) is 29.8 Å². The highest BCUT2D eigenvalue weighted by molar-refractivity contribution is 6.32. The molecule has 0 saturated heterocycles. The molecule has 0 saturated carbocycles. The van der Waals surface area contributed by atoms with Crippen LogP contribution in [0.1, 0.15) is 31.5 Å². The van der Waals surface area contributed by atoms with Crippen molar-refractivity contribution in [3.05, 3.63) is 58.7 Å². The summed E-state index contributed by atoms with van der Waals surface area (Å²) in [7, 11) is 0. The molecule has 0 spiro atoms. The maximum atomic E-state index is 11.3. The van der Waals surface area contributed by atoms with E-state index in [1.54, 1.807) is 0 Å². The summed E-state index contributed by atoms with van der Waals surface area (Å²) in [6.07, 6.45) is 0.547. The van der Waals surface area contributed by atoms with Crippen LogP contribution in [0, 0.1) is 6.92 Å². The van der Waals surface area contributed by atoms with Crippen molar-refractivity contribution in [2.24, 2.45) is 0 Å². The number of benzene rings is 2. The topological polar surface area (TPSA) is 45.5 Å². The third kappa shape index (κ3) is 3.67. The highest BCUT2D eigenvalue weighted by atomic mass is 35.5. The second-order valence-corrected chi connectivity index (χ2v) is 7.06. The number of fused-ring (bicyclic) bond motifs is 1. The zero-order valence-electron chi connectivity index (χ0n) is 16.0. The highest BCUT2D eigenvalue weighted by Gasteiger charge is 2.23. The van der Waals surface area contributed by atoms with E-state index in [2.05, 4.69) is 29.4 Å². The van der Waals surface area contributed by atoms with E-state index in [9.17, 15) is 9.90 Å². The normalized spacial score (nSPS) is 11.1. The fourth-order valence-corrected chi connectivity index (χ4v) is 3.83. The molecule has 27 heavy (non-hydrogen) atoms. The minimum Gasteiger partial charge on any atom is -0.481 e. The number of aromatic nitrogens is 1. The lowest BCUT2D eigenvalue weighted by molar-refractivity contribution is -0.136. The summed E-state index contributed by atoms with van der Waals surface area (Å²) >= 11 is 6.46. The lowest BCUT2D eigenvalue weighted by atomic mass is 10.1. The van der Waals surface area contributed by atoms with Crippen LogP contribution < -0.4 is 4.90 Å². The number of carbonyl (C=O) groups is 1. The van der Waals surface area contributed by atoms with Crippen LogP contribution in [0.2, 0.25) is 5.02 Å². The van der Waals surface area contributed by atoms with Crippen molar-refractivity contribution in [3.8, 4) is 5.69 Å². The predicted molar refractivity (Wildman–Crippen MR) is 113 cm³/mol. The Hall–Kier alpha value is -2.46. The minimum absolute atomic E-state index is 0.0874. The largest absolute Gasteiger partial charge is 0.481 e. The van der Waals surface area contributed by atoms with Crippen molar-refractivity contribution in [2.45, 2.75) is 33.6 Å². The van der Waals surface area contributed by atoms with Crippen LogP contribution >= 0.6 is 11.6 Å². The molecule has 2 aromatic carbocycles. The van der Waals surface area contributed by atoms with Gasteiger partial charge in [-0.2, -0.15) is 0 Å². The van der Waals surface area contributed by atoms with Crippen LogP contribution in [0.15, 0.2) is 42.5 Å². The fourth-order valence-electron chi connectivity index (χ4n) is 3.67. The van der Waals surface area contributed by atoms with E-state index in [-0.39, 0.29) is 6.42 Å². The number of para-hydroxylation sites is 1. The number of hydrogen-bond donors (Lipinski definition) is 1. The lowest BCUT2D eigenvalue weighted by Crippen LogP contribution is -2.23. The van der Waals surface area contributed by atoms with Gasteiger partial charge in [-0.15, -0.1) is 0 Å². The Morgan fingerprint density at radius 2 is 1.81 bits per heavy atom. The van der Waals surface area contributed by atoms with Gasteiger partial charge in [0.2, 0.25) is 0 Å². The van der Waals surface area contributed by atoms with Gasteiger partial charge in [-0.05, 0) is 50.6 Å². The van der Waals surface area contributed by atoms with Gasteiger partial charge < -0.3 is 14.6 Å². The van der Waals surface area contributed by atoms with Gasteiger partial charge in [0.25, 0.3) is 0 Å². The van der Waals surface area contributed by atoms with E-state index in [1.165, 1.54) is 0 Å². The molecular weight excluding hydrogens is 360 g/mol. The van der Waals surface area contributed by atoms with E-state index in [0.717, 1.165) is 46.6 Å². The maximum absolute atomic E-state index is 11.3. The lowest BCUT2D eigenvalue weighted by Gasteiger charge is -2.23. The zero-order chi connectivity index (χ0) is 19.6. The summed E-state index contributed by atoms with van der Waals surface area (Å²) < 4.78 is 2.16. The molecular formula is C22H25ClN2O2. The molecule has 0 unspecified atom stereocenters. The molecule has 0 amide bonds. The molecule has 3 rings (SSSR count). The highest BCUT2D eigenvalue weighted by Crippen LogP contribution is 2.39. The van der Waals surface area contributed by atoms with E-state index >= 15 is 0 Å². The number of nitrogens with zero attached hydrogens (tertiary/aromatic N) is 2. The molecule has 0 atom stereocenters. The van der Waals surface area contributed by atoms with E-state index in [1.807, 2.05) is 43.3 Å². The molecule has 3 aromatic rings. The Morgan fingerprint density at radius 3 is 2.41 bits per heavy atom. The van der Waals surface area contributed by atoms with Gasteiger partial charge in [0.05, 0.1) is 17.6 Å². The molecule has 4 nitrogen and oxygen atoms in total. The van der Waals surface area contributed by atoms with Crippen molar-refractivity contribution in [3.63, 3.8) is 0 Å². The Morgan fingerprint density at radius 1 is 1.15 bits per heavy atom. The van der Waals surface area contributed by atoms with Crippen LogP contribution in [0.4, 0.5) is 5.69 Å². The number of aliphatic carboxylic acids is 1. The van der Waals surface area contributed by atoms with Gasteiger partial charge in [-0.3, -0.25) is 4.79 Å². The van der Waals surface area contributed by atoms with Crippen LogP contribution in [0.5, 0.6) is 0 Å². The van der Waals surface area contributed by atoms with E-state index in [4.69, 9.17) is 11.6 Å². The molecule has 0 aliphatic carbocycles. The zero-order valence-corrected chi connectivity index (χ0v) is 16.8. The number of halogens is 1. The molecule has 1 heterocycles. The second-order valence-electron chi connectivity index (χ2n) is 6.65. The number of aryl methyl sites for hydroxylation is 1. The van der Waals surface area contributed by atoms with Crippen LogP contribution in [0.25, 0.3) is 16.6 Å². The molecule has 0 radical (unpaired) electrons. The third-order valence-corrected chi connectivity index (χ3v) is 5.39. The molecule has 0 aliphatic heterocycles. The first-order chi connectivity index (χ1) is 13.0. The number of carboxylic acid groups (broad SMARTS) is 1. The van der Waals surface area contributed by atoms with Gasteiger partial charge >= 0.3 is 5.97 Å². The standard InChI is InChI=1S/C22H25ClN2O2/c1-4-24(5-2)22-17-13-15(3)18(23)14-20(17)25(16-9-7-6-8-10-16)19(22)11-12-21(26)27/h6-10,13-14H,4-5,11-12H2,1-3H3,(H,26,27). The Labute approximate surface area is 165 Å². The molecule has 1 N–H and O–H groups in total. The summed E-state index contributed by atoms with van der Waals surface area (Å²) in [4.78, 5) is 13.6. The number of carboxylic acids is 1. The van der Waals surface area contributed by atoms with Crippen molar-refractivity contribution in [1.82, 2.24) is 4.57 Å². The predicted octanol–water partition coefficient (Wildman–Crippen LogP) is 5.46. The Bertz CT molecular complexity index is 960. The summed E-state index contributed by atoms with van der Waals surface area (Å²) in [5, 5.41) is 11.1. The summed E-state index contributed by atoms with van der Waals surface area (Å²) in [6, 6.07) is 14.2. The molecule has 142 valence electrons. The van der Waals surface area contributed by atoms with Crippen LogP contribution in [-0.4, -0.2) is 28.7 Å². The monoisotopic (exact) mass is 384 g/mol. The SMILES string of the molecule is CCN(CC)c1c(CCC(=O)O)n(-c2ccccc2)c2cc(Cl)c(C)cc12. The smallest absolute Gasteiger partial charge is 0.303 e.